The second-order valence-electron chi connectivity index (χ2n) is 4.38. The molecule has 0 bridgehead atoms. The fraction of sp³-hybridized carbons (Fsp3) is 0.385. The Kier molecular flexibility index (Phi) is 2.08. The Morgan fingerprint density at radius 3 is 2.93 bits per heavy atom. The summed E-state index contributed by atoms with van der Waals surface area (Å²) in [6, 6.07) is 7.23. The molecule has 1 aliphatic carbocycles. The third-order valence-electron chi connectivity index (χ3n) is 3.32. The molecule has 0 unspecified atom stereocenters. The molecule has 0 radical (unpaired) electrons. The van der Waals surface area contributed by atoms with Crippen LogP contribution in [0.2, 0.25) is 0 Å². The van der Waals surface area contributed by atoms with Crippen LogP contribution in [0.5, 0.6) is 0 Å². The van der Waals surface area contributed by atoms with Gasteiger partial charge in [-0.3, -0.25) is 0 Å². The summed E-state index contributed by atoms with van der Waals surface area (Å²) in [6.07, 6.45) is 2.28. The summed E-state index contributed by atoms with van der Waals surface area (Å²) in [5.41, 5.74) is 8.84. The quantitative estimate of drug-likeness (QED) is 0.820. The number of hydrogen-bond donors (Lipinski definition) is 1. The molecule has 3 rings (SSSR count). The van der Waals surface area contributed by atoms with E-state index in [9.17, 15) is 0 Å². The van der Waals surface area contributed by atoms with Crippen molar-refractivity contribution >= 4 is 21.4 Å². The van der Waals surface area contributed by atoms with Gasteiger partial charge in [0.25, 0.3) is 0 Å². The number of aryl methyl sites for hydroxylation is 1. The predicted molar refractivity (Wildman–Crippen MR) is 66.5 cm³/mol. The fourth-order valence-corrected chi connectivity index (χ4v) is 3.18. The molecule has 1 aromatic heterocycles. The smallest absolute Gasteiger partial charge is 0.0345 e. The van der Waals surface area contributed by atoms with Crippen LogP contribution in [0.1, 0.15) is 30.4 Å². The number of hydrogen-bond acceptors (Lipinski definition) is 2. The minimum Gasteiger partial charge on any atom is -0.327 e. The molecule has 0 amide bonds. The van der Waals surface area contributed by atoms with E-state index in [4.69, 9.17) is 5.73 Å². The van der Waals surface area contributed by atoms with Gasteiger partial charge in [-0.05, 0) is 40.8 Å². The Labute approximate surface area is 93.9 Å². The lowest BCUT2D eigenvalue weighted by Crippen LogP contribution is -2.00. The second kappa shape index (κ2) is 3.32. The van der Waals surface area contributed by atoms with Crippen molar-refractivity contribution < 1.29 is 0 Å². The standard InChI is InChI=1S/C13H15NS/c1-2-8-3-4-13-10(5-8)11(7-15-13)9-6-12(9)14/h3-5,7,9,12H,2,6,14H2,1H3/t9-,12+/m0/s1. The Morgan fingerprint density at radius 1 is 1.47 bits per heavy atom. The van der Waals surface area contributed by atoms with Crippen molar-refractivity contribution in [3.8, 4) is 0 Å². The summed E-state index contributed by atoms with van der Waals surface area (Å²) < 4.78 is 1.40. The first kappa shape index (κ1) is 9.37. The zero-order chi connectivity index (χ0) is 10.4. The van der Waals surface area contributed by atoms with Crippen LogP contribution < -0.4 is 5.73 Å². The van der Waals surface area contributed by atoms with E-state index in [1.165, 1.54) is 27.6 Å². The van der Waals surface area contributed by atoms with E-state index in [0.29, 0.717) is 12.0 Å². The molecular weight excluding hydrogens is 202 g/mol. The minimum atomic E-state index is 0.410. The first-order chi connectivity index (χ1) is 7.29. The highest BCUT2D eigenvalue weighted by Crippen LogP contribution is 2.44. The Morgan fingerprint density at radius 2 is 2.27 bits per heavy atom. The van der Waals surface area contributed by atoms with E-state index >= 15 is 0 Å². The Balaban J connectivity index is 2.14. The average Bonchev–Trinajstić information content (AvgIpc) is 2.84. The van der Waals surface area contributed by atoms with Gasteiger partial charge in [-0.25, -0.2) is 0 Å². The molecule has 0 spiro atoms. The van der Waals surface area contributed by atoms with Gasteiger partial charge in [0.2, 0.25) is 0 Å². The summed E-state index contributed by atoms with van der Waals surface area (Å²) >= 11 is 1.85. The lowest BCUT2D eigenvalue weighted by atomic mass is 10.1. The first-order valence-corrected chi connectivity index (χ1v) is 6.43. The third kappa shape index (κ3) is 1.48. The fourth-order valence-electron chi connectivity index (χ4n) is 2.18. The topological polar surface area (TPSA) is 26.0 Å². The van der Waals surface area contributed by atoms with E-state index in [2.05, 4.69) is 30.5 Å². The first-order valence-electron chi connectivity index (χ1n) is 5.55. The van der Waals surface area contributed by atoms with Crippen LogP contribution in [0.15, 0.2) is 23.6 Å². The molecule has 0 aliphatic heterocycles. The molecule has 2 aromatic rings. The highest BCUT2D eigenvalue weighted by Gasteiger charge is 2.36. The lowest BCUT2D eigenvalue weighted by Gasteiger charge is -1.99. The predicted octanol–water partition coefficient (Wildman–Crippen LogP) is 3.28. The van der Waals surface area contributed by atoms with Crippen LogP contribution in [-0.4, -0.2) is 6.04 Å². The highest BCUT2D eigenvalue weighted by molar-refractivity contribution is 7.17. The average molecular weight is 217 g/mol. The van der Waals surface area contributed by atoms with Crippen molar-refractivity contribution in [1.82, 2.24) is 0 Å². The van der Waals surface area contributed by atoms with Crippen LogP contribution in [0.3, 0.4) is 0 Å². The van der Waals surface area contributed by atoms with Crippen molar-refractivity contribution in [2.24, 2.45) is 5.73 Å². The van der Waals surface area contributed by atoms with Crippen LogP contribution in [0.25, 0.3) is 10.1 Å². The number of fused-ring (bicyclic) bond motifs is 1. The molecule has 2 N–H and O–H groups in total. The maximum Gasteiger partial charge on any atom is 0.0345 e. The molecule has 1 aliphatic rings. The number of nitrogens with two attached hydrogens (primary N) is 1. The SMILES string of the molecule is CCc1ccc2scc([C@@H]3C[C@H]3N)c2c1. The molecule has 1 heterocycles. The number of rotatable bonds is 2. The van der Waals surface area contributed by atoms with Gasteiger partial charge in [0.05, 0.1) is 0 Å². The van der Waals surface area contributed by atoms with Crippen molar-refractivity contribution in [2.45, 2.75) is 31.7 Å². The van der Waals surface area contributed by atoms with Gasteiger partial charge in [-0.2, -0.15) is 0 Å². The summed E-state index contributed by atoms with van der Waals surface area (Å²) in [5.74, 6) is 0.630. The van der Waals surface area contributed by atoms with Crippen LogP contribution in [0, 0.1) is 0 Å². The maximum atomic E-state index is 5.92. The second-order valence-corrected chi connectivity index (χ2v) is 5.29. The third-order valence-corrected chi connectivity index (χ3v) is 4.30. The normalized spacial score (nSPS) is 24.7. The van der Waals surface area contributed by atoms with Gasteiger partial charge in [-0.15, -0.1) is 11.3 Å². The maximum absolute atomic E-state index is 5.92. The Hall–Kier alpha value is -0.860. The van der Waals surface area contributed by atoms with Crippen molar-refractivity contribution in [3.63, 3.8) is 0 Å². The van der Waals surface area contributed by atoms with E-state index in [0.717, 1.165) is 6.42 Å². The van der Waals surface area contributed by atoms with Crippen molar-refractivity contribution in [3.05, 3.63) is 34.7 Å². The van der Waals surface area contributed by atoms with E-state index in [1.54, 1.807) is 0 Å². The summed E-state index contributed by atoms with van der Waals surface area (Å²) in [6.45, 7) is 2.20. The van der Waals surface area contributed by atoms with Gasteiger partial charge in [-0.1, -0.05) is 19.1 Å². The lowest BCUT2D eigenvalue weighted by molar-refractivity contribution is 1.00. The van der Waals surface area contributed by atoms with E-state index in [1.807, 2.05) is 11.3 Å². The monoisotopic (exact) mass is 217 g/mol. The van der Waals surface area contributed by atoms with Crippen LogP contribution >= 0.6 is 11.3 Å². The molecule has 15 heavy (non-hydrogen) atoms. The van der Waals surface area contributed by atoms with Gasteiger partial charge in [0.15, 0.2) is 0 Å². The van der Waals surface area contributed by atoms with Gasteiger partial charge < -0.3 is 5.73 Å². The summed E-state index contributed by atoms with van der Waals surface area (Å²) in [4.78, 5) is 0. The molecule has 1 saturated carbocycles. The summed E-state index contributed by atoms with van der Waals surface area (Å²) in [7, 11) is 0. The van der Waals surface area contributed by atoms with E-state index in [-0.39, 0.29) is 0 Å². The van der Waals surface area contributed by atoms with E-state index < -0.39 is 0 Å². The van der Waals surface area contributed by atoms with Gasteiger partial charge >= 0.3 is 0 Å². The zero-order valence-corrected chi connectivity index (χ0v) is 9.68. The summed E-state index contributed by atoms with van der Waals surface area (Å²) in [5, 5.41) is 3.74. The van der Waals surface area contributed by atoms with Crippen molar-refractivity contribution in [2.75, 3.05) is 0 Å². The molecule has 1 nitrogen and oxygen atoms in total. The zero-order valence-electron chi connectivity index (χ0n) is 8.86. The molecule has 78 valence electrons. The van der Waals surface area contributed by atoms with Crippen LogP contribution in [0.4, 0.5) is 0 Å². The number of thiophene rings is 1. The van der Waals surface area contributed by atoms with Gasteiger partial charge in [0, 0.05) is 16.7 Å². The highest BCUT2D eigenvalue weighted by atomic mass is 32.1. The molecule has 2 atom stereocenters. The number of benzene rings is 1. The Bertz CT molecular complexity index is 500. The minimum absolute atomic E-state index is 0.410. The molecular formula is C13H15NS. The molecule has 1 aromatic carbocycles. The molecule has 0 saturated heterocycles. The largest absolute Gasteiger partial charge is 0.327 e. The van der Waals surface area contributed by atoms with Gasteiger partial charge in [0.1, 0.15) is 0 Å². The molecule has 2 heteroatoms. The van der Waals surface area contributed by atoms with Crippen molar-refractivity contribution in [1.29, 1.82) is 0 Å². The molecule has 1 fully saturated rings. The van der Waals surface area contributed by atoms with Crippen LogP contribution in [-0.2, 0) is 6.42 Å².